The van der Waals surface area contributed by atoms with Crippen molar-refractivity contribution in [3.05, 3.63) is 48.6 Å². The highest BCUT2D eigenvalue weighted by atomic mass is 31.2. The largest absolute Gasteiger partial charge is 0.780 e. The minimum Gasteiger partial charge on any atom is -0.241 e. The van der Waals surface area contributed by atoms with Crippen molar-refractivity contribution in [2.45, 2.75) is 27.7 Å². The molecule has 0 aliphatic rings. The Labute approximate surface area is 146 Å². The molecule has 136 valence electrons. The van der Waals surface area contributed by atoms with Crippen LogP contribution in [-0.4, -0.2) is 23.9 Å². The highest BCUT2D eigenvalue weighted by Gasteiger charge is 2.63. The van der Waals surface area contributed by atoms with E-state index >= 15 is 0 Å². The van der Waals surface area contributed by atoms with Gasteiger partial charge in [0.25, 0.3) is 0 Å². The van der Waals surface area contributed by atoms with Gasteiger partial charge in [-0.2, -0.15) is 18.1 Å². The first-order chi connectivity index (χ1) is 11.3. The molecule has 9 heteroatoms. The van der Waals surface area contributed by atoms with Crippen molar-refractivity contribution in [1.29, 1.82) is 0 Å². The first kappa shape index (κ1) is 22.3. The van der Waals surface area contributed by atoms with Gasteiger partial charge in [0, 0.05) is 22.3 Å². The number of hydrogen-bond donors (Lipinski definition) is 0. The van der Waals surface area contributed by atoms with Gasteiger partial charge in [-0.05, 0) is 27.7 Å². The molecule has 0 aromatic rings. The van der Waals surface area contributed by atoms with Crippen molar-refractivity contribution >= 4 is 32.0 Å². The molecule has 0 amide bonds. The molecule has 0 saturated carbocycles. The van der Waals surface area contributed by atoms with E-state index in [9.17, 15) is 19.2 Å². The van der Waals surface area contributed by atoms with Crippen molar-refractivity contribution < 1.29 is 37.3 Å². The van der Waals surface area contributed by atoms with E-state index in [1.165, 1.54) is 27.7 Å². The third-order valence-electron chi connectivity index (χ3n) is 2.17. The van der Waals surface area contributed by atoms with Crippen molar-refractivity contribution in [2.75, 3.05) is 0 Å². The topological polar surface area (TPSA) is 105 Å². The minimum atomic E-state index is -4.58. The Bertz CT molecular complexity index is 556. The zero-order valence-corrected chi connectivity index (χ0v) is 15.4. The minimum absolute atomic E-state index is 0.117. The lowest BCUT2D eigenvalue weighted by molar-refractivity contribution is -0.146. The maximum absolute atomic E-state index is 11.9. The molecule has 0 spiro atoms. The van der Waals surface area contributed by atoms with Gasteiger partial charge in [-0.25, -0.2) is 19.2 Å². The van der Waals surface area contributed by atoms with Gasteiger partial charge in [-0.1, -0.05) is 26.3 Å². The molecule has 0 aromatic heterocycles. The zero-order valence-electron chi connectivity index (χ0n) is 14.5. The lowest BCUT2D eigenvalue weighted by atomic mass is 10.4. The molecule has 0 saturated heterocycles. The predicted octanol–water partition coefficient (Wildman–Crippen LogP) is 3.14. The van der Waals surface area contributed by atoms with Crippen LogP contribution in [0.2, 0.25) is 0 Å². The molecule has 0 fully saturated rings. The first-order valence-corrected chi connectivity index (χ1v) is 8.24. The van der Waals surface area contributed by atoms with Gasteiger partial charge in [0.1, 0.15) is 0 Å². The lowest BCUT2D eigenvalue weighted by Crippen LogP contribution is -2.23. The Kier molecular flexibility index (Phi) is 7.96. The lowest BCUT2D eigenvalue weighted by Gasteiger charge is -2.17. The summed E-state index contributed by atoms with van der Waals surface area (Å²) in [6.07, 6.45) is 0. The van der Waals surface area contributed by atoms with Crippen LogP contribution < -0.4 is 0 Å². The summed E-state index contributed by atoms with van der Waals surface area (Å²) in [6, 6.07) is 0. The van der Waals surface area contributed by atoms with Gasteiger partial charge in [-0.3, -0.25) is 0 Å². The molecule has 0 rings (SSSR count). The molecule has 0 aliphatic carbocycles. The monoisotopic (exact) mass is 371 g/mol. The normalized spacial score (nSPS) is 10.1. The molecule has 0 heterocycles. The maximum atomic E-state index is 11.9. The molecule has 0 bridgehead atoms. The average Bonchev–Trinajstić information content (AvgIpc) is 2.46. The molecule has 0 aromatic carbocycles. The van der Waals surface area contributed by atoms with E-state index in [1.807, 2.05) is 0 Å². The summed E-state index contributed by atoms with van der Waals surface area (Å²) >= 11 is 0. The van der Waals surface area contributed by atoms with E-state index in [0.717, 1.165) is 0 Å². The van der Waals surface area contributed by atoms with E-state index in [0.29, 0.717) is 0 Å². The Morgan fingerprint density at radius 2 is 0.680 bits per heavy atom. The van der Waals surface area contributed by atoms with E-state index in [-0.39, 0.29) is 22.3 Å². The molecular formula is C16H20O8P+. The van der Waals surface area contributed by atoms with Crippen molar-refractivity contribution in [2.24, 2.45) is 0 Å². The molecular weight excluding hydrogens is 351 g/mol. The van der Waals surface area contributed by atoms with Crippen molar-refractivity contribution in [3.8, 4) is 0 Å². The molecule has 0 N–H and O–H groups in total. The summed E-state index contributed by atoms with van der Waals surface area (Å²) in [5.41, 5.74) is -0.469. The molecule has 0 aliphatic heterocycles. The predicted molar refractivity (Wildman–Crippen MR) is 90.5 cm³/mol. The first-order valence-electron chi connectivity index (χ1n) is 6.78. The quantitative estimate of drug-likeness (QED) is 0.473. The fourth-order valence-corrected chi connectivity index (χ4v) is 2.49. The fraction of sp³-hybridized carbons (Fsp3) is 0.250. The number of carbonyl (C=O) groups is 4. The second kappa shape index (κ2) is 8.94. The second-order valence-corrected chi connectivity index (χ2v) is 6.71. The van der Waals surface area contributed by atoms with Gasteiger partial charge >= 0.3 is 32.0 Å². The van der Waals surface area contributed by atoms with Crippen LogP contribution >= 0.6 is 8.17 Å². The molecule has 0 atom stereocenters. The van der Waals surface area contributed by atoms with Gasteiger partial charge in [0.2, 0.25) is 0 Å². The number of hydrogen-bond acceptors (Lipinski definition) is 8. The average molecular weight is 371 g/mol. The summed E-state index contributed by atoms with van der Waals surface area (Å²) in [4.78, 5) is 47.5. The van der Waals surface area contributed by atoms with E-state index < -0.39 is 32.0 Å². The Balaban J connectivity index is 6.05. The Morgan fingerprint density at radius 3 is 0.800 bits per heavy atom. The third kappa shape index (κ3) is 7.14. The van der Waals surface area contributed by atoms with E-state index in [2.05, 4.69) is 26.3 Å². The van der Waals surface area contributed by atoms with Crippen molar-refractivity contribution in [1.82, 2.24) is 0 Å². The summed E-state index contributed by atoms with van der Waals surface area (Å²) < 4.78 is 19.5. The van der Waals surface area contributed by atoms with Crippen LogP contribution in [0.15, 0.2) is 48.6 Å². The maximum Gasteiger partial charge on any atom is 0.780 e. The van der Waals surface area contributed by atoms with E-state index in [1.54, 1.807) is 0 Å². The van der Waals surface area contributed by atoms with Crippen LogP contribution in [-0.2, 0) is 37.3 Å². The van der Waals surface area contributed by atoms with Crippen molar-refractivity contribution in [3.63, 3.8) is 0 Å². The van der Waals surface area contributed by atoms with Gasteiger partial charge in [0.15, 0.2) is 0 Å². The molecule has 25 heavy (non-hydrogen) atoms. The standard InChI is InChI=1S/C16H20O8P/c1-9(2)13(17)21-25(22-14(18)10(3)4,23-15(19)11(5)6)24-16(20)12(7)8/h1,3,5,7H2,2,4,6,8H3/q+1. The SMILES string of the molecule is C=C(C)C(=O)O[P+](OC(=O)C(=C)C)(OC(=O)C(=C)C)OC(=O)C(=C)C. The summed E-state index contributed by atoms with van der Waals surface area (Å²) in [6.45, 7) is 18.6. The fourth-order valence-electron chi connectivity index (χ4n) is 0.830. The summed E-state index contributed by atoms with van der Waals surface area (Å²) in [7, 11) is -4.58. The Hall–Kier alpha value is -2.73. The number of rotatable bonds is 8. The van der Waals surface area contributed by atoms with E-state index in [4.69, 9.17) is 18.1 Å². The van der Waals surface area contributed by atoms with Crippen LogP contribution in [0, 0.1) is 0 Å². The van der Waals surface area contributed by atoms with Crippen LogP contribution in [0.25, 0.3) is 0 Å². The third-order valence-corrected chi connectivity index (χ3v) is 3.73. The molecule has 8 nitrogen and oxygen atoms in total. The van der Waals surface area contributed by atoms with Crippen LogP contribution in [0.5, 0.6) is 0 Å². The summed E-state index contributed by atoms with van der Waals surface area (Å²) in [5, 5.41) is 0. The van der Waals surface area contributed by atoms with Crippen LogP contribution in [0.3, 0.4) is 0 Å². The van der Waals surface area contributed by atoms with Crippen LogP contribution in [0.1, 0.15) is 27.7 Å². The molecule has 0 unspecified atom stereocenters. The highest BCUT2D eigenvalue weighted by molar-refractivity contribution is 7.58. The molecule has 0 radical (unpaired) electrons. The van der Waals surface area contributed by atoms with Gasteiger partial charge in [-0.15, -0.1) is 0 Å². The Morgan fingerprint density at radius 1 is 0.520 bits per heavy atom. The second-order valence-electron chi connectivity index (χ2n) is 5.08. The highest BCUT2D eigenvalue weighted by Crippen LogP contribution is 2.64. The summed E-state index contributed by atoms with van der Waals surface area (Å²) in [5.74, 6) is -4.42. The number of carbonyl (C=O) groups excluding carboxylic acids is 4. The van der Waals surface area contributed by atoms with Gasteiger partial charge < -0.3 is 0 Å². The van der Waals surface area contributed by atoms with Gasteiger partial charge in [0.05, 0.1) is 0 Å². The zero-order chi connectivity index (χ0) is 19.9. The smallest absolute Gasteiger partial charge is 0.241 e. The van der Waals surface area contributed by atoms with Crippen LogP contribution in [0.4, 0.5) is 0 Å².